The van der Waals surface area contributed by atoms with Gasteiger partial charge in [-0.25, -0.2) is 9.78 Å². The Kier molecular flexibility index (Phi) is 4.20. The predicted octanol–water partition coefficient (Wildman–Crippen LogP) is 3.62. The van der Waals surface area contributed by atoms with Crippen molar-refractivity contribution in [2.75, 3.05) is 6.61 Å². The van der Waals surface area contributed by atoms with Crippen LogP contribution in [-0.2, 0) is 9.78 Å². The zero-order valence-corrected chi connectivity index (χ0v) is 11.6. The minimum Gasteiger partial charge on any atom is -0.393 e. The van der Waals surface area contributed by atoms with Gasteiger partial charge in [0.2, 0.25) is 0 Å². The lowest BCUT2D eigenvalue weighted by Crippen LogP contribution is -2.22. The van der Waals surface area contributed by atoms with Gasteiger partial charge in [0.15, 0.2) is 0 Å². The van der Waals surface area contributed by atoms with Crippen LogP contribution in [0.15, 0.2) is 42.5 Å². The van der Waals surface area contributed by atoms with Crippen LogP contribution in [0.4, 0.5) is 0 Å². The molecule has 19 heavy (non-hydrogen) atoms. The number of benzene rings is 2. The van der Waals surface area contributed by atoms with Crippen LogP contribution in [0.1, 0.15) is 32.4 Å². The van der Waals surface area contributed by atoms with Crippen LogP contribution < -0.4 is 0 Å². The van der Waals surface area contributed by atoms with E-state index < -0.39 is 11.7 Å². The molecule has 102 valence electrons. The molecule has 0 aliphatic rings. The molecule has 0 heterocycles. The van der Waals surface area contributed by atoms with Crippen LogP contribution in [-0.4, -0.2) is 17.3 Å². The maximum Gasteiger partial charge on any atom is 0.141 e. The van der Waals surface area contributed by atoms with E-state index in [0.29, 0.717) is 0 Å². The Bertz CT molecular complexity index is 543. The fourth-order valence-electron chi connectivity index (χ4n) is 1.80. The van der Waals surface area contributed by atoms with E-state index >= 15 is 0 Å². The summed E-state index contributed by atoms with van der Waals surface area (Å²) in [6, 6.07) is 14.1. The molecule has 3 nitrogen and oxygen atoms in total. The second-order valence-electron chi connectivity index (χ2n) is 5.57. The summed E-state index contributed by atoms with van der Waals surface area (Å²) in [7, 11) is 0. The number of aliphatic hydroxyl groups excluding tert-OH is 1. The van der Waals surface area contributed by atoms with Crippen LogP contribution in [0.2, 0.25) is 0 Å². The van der Waals surface area contributed by atoms with Crippen molar-refractivity contribution in [2.45, 2.75) is 32.5 Å². The van der Waals surface area contributed by atoms with Gasteiger partial charge in [-0.15, -0.1) is 0 Å². The summed E-state index contributed by atoms with van der Waals surface area (Å²) in [6.07, 6.45) is -0.469. The smallest absolute Gasteiger partial charge is 0.141 e. The van der Waals surface area contributed by atoms with Crippen molar-refractivity contribution in [3.63, 3.8) is 0 Å². The lowest BCUT2D eigenvalue weighted by atomic mass is 10.0. The van der Waals surface area contributed by atoms with Crippen LogP contribution in [0.25, 0.3) is 10.8 Å². The number of hydrogen-bond donors (Lipinski definition) is 1. The third-order valence-electron chi connectivity index (χ3n) is 2.73. The lowest BCUT2D eigenvalue weighted by molar-refractivity contribution is -0.379. The van der Waals surface area contributed by atoms with E-state index in [2.05, 4.69) is 6.07 Å². The van der Waals surface area contributed by atoms with Gasteiger partial charge < -0.3 is 5.11 Å². The SMILES string of the molecule is CC(C)(C)OOC(CO)c1ccc2ccccc2c1. The van der Waals surface area contributed by atoms with Crippen molar-refractivity contribution < 1.29 is 14.9 Å². The zero-order chi connectivity index (χ0) is 13.9. The van der Waals surface area contributed by atoms with Gasteiger partial charge in [0, 0.05) is 0 Å². The minimum atomic E-state index is -0.469. The molecule has 2 aromatic rings. The molecule has 0 radical (unpaired) electrons. The van der Waals surface area contributed by atoms with Gasteiger partial charge in [0.1, 0.15) is 6.10 Å². The standard InChI is InChI=1S/C16H20O3/c1-16(2,3)19-18-15(11-17)14-9-8-12-6-4-5-7-13(12)10-14/h4-10,15,17H,11H2,1-3H3. The highest BCUT2D eigenvalue weighted by atomic mass is 17.2. The summed E-state index contributed by atoms with van der Waals surface area (Å²) in [6.45, 7) is 5.60. The molecule has 0 bridgehead atoms. The van der Waals surface area contributed by atoms with Crippen molar-refractivity contribution >= 4 is 10.8 Å². The topological polar surface area (TPSA) is 38.7 Å². The summed E-state index contributed by atoms with van der Waals surface area (Å²) >= 11 is 0. The monoisotopic (exact) mass is 260 g/mol. The predicted molar refractivity (Wildman–Crippen MR) is 75.7 cm³/mol. The molecular formula is C16H20O3. The summed E-state index contributed by atoms with van der Waals surface area (Å²) in [5.41, 5.74) is 0.509. The van der Waals surface area contributed by atoms with Crippen molar-refractivity contribution in [3.8, 4) is 0 Å². The number of fused-ring (bicyclic) bond motifs is 1. The highest BCUT2D eigenvalue weighted by molar-refractivity contribution is 5.83. The average molecular weight is 260 g/mol. The molecule has 1 atom stereocenters. The number of aliphatic hydroxyl groups is 1. The molecule has 0 saturated carbocycles. The van der Waals surface area contributed by atoms with E-state index in [1.807, 2.05) is 57.2 Å². The Morgan fingerprint density at radius 1 is 1.05 bits per heavy atom. The van der Waals surface area contributed by atoms with E-state index in [0.717, 1.165) is 10.9 Å². The second kappa shape index (κ2) is 5.70. The van der Waals surface area contributed by atoms with Gasteiger partial charge in [0.05, 0.1) is 12.2 Å². The molecule has 2 aromatic carbocycles. The molecule has 1 unspecified atom stereocenters. The lowest BCUT2D eigenvalue weighted by Gasteiger charge is -2.22. The Morgan fingerprint density at radius 3 is 2.37 bits per heavy atom. The highest BCUT2D eigenvalue weighted by Crippen LogP contribution is 2.24. The van der Waals surface area contributed by atoms with E-state index in [-0.39, 0.29) is 6.61 Å². The Hall–Kier alpha value is -1.42. The Labute approximate surface area is 113 Å². The molecule has 0 aliphatic heterocycles. The van der Waals surface area contributed by atoms with Crippen molar-refractivity contribution in [3.05, 3.63) is 48.0 Å². The summed E-state index contributed by atoms with van der Waals surface area (Å²) in [5.74, 6) is 0. The van der Waals surface area contributed by atoms with E-state index in [1.165, 1.54) is 5.39 Å². The average Bonchev–Trinajstić information content (AvgIpc) is 2.38. The fourth-order valence-corrected chi connectivity index (χ4v) is 1.80. The Balaban J connectivity index is 2.20. The second-order valence-corrected chi connectivity index (χ2v) is 5.57. The van der Waals surface area contributed by atoms with E-state index in [9.17, 15) is 5.11 Å². The molecule has 1 N–H and O–H groups in total. The van der Waals surface area contributed by atoms with E-state index in [4.69, 9.17) is 9.78 Å². The van der Waals surface area contributed by atoms with Crippen LogP contribution in [0.5, 0.6) is 0 Å². The maximum absolute atomic E-state index is 9.44. The van der Waals surface area contributed by atoms with Crippen LogP contribution in [0, 0.1) is 0 Å². The Morgan fingerprint density at radius 2 is 1.74 bits per heavy atom. The van der Waals surface area contributed by atoms with Crippen LogP contribution in [0.3, 0.4) is 0 Å². The number of hydrogen-bond acceptors (Lipinski definition) is 3. The molecule has 0 aliphatic carbocycles. The third-order valence-corrected chi connectivity index (χ3v) is 2.73. The quantitative estimate of drug-likeness (QED) is 0.674. The molecular weight excluding hydrogens is 240 g/mol. The van der Waals surface area contributed by atoms with Gasteiger partial charge >= 0.3 is 0 Å². The van der Waals surface area contributed by atoms with Crippen molar-refractivity contribution in [1.82, 2.24) is 0 Å². The first-order chi connectivity index (χ1) is 8.99. The van der Waals surface area contributed by atoms with E-state index in [1.54, 1.807) is 0 Å². The molecule has 2 rings (SSSR count). The maximum atomic E-state index is 9.44. The first-order valence-electron chi connectivity index (χ1n) is 6.44. The van der Waals surface area contributed by atoms with Crippen LogP contribution >= 0.6 is 0 Å². The highest BCUT2D eigenvalue weighted by Gasteiger charge is 2.18. The van der Waals surface area contributed by atoms with Gasteiger partial charge in [-0.05, 0) is 43.2 Å². The van der Waals surface area contributed by atoms with Crippen molar-refractivity contribution in [1.29, 1.82) is 0 Å². The molecule has 3 heteroatoms. The largest absolute Gasteiger partial charge is 0.393 e. The molecule has 0 spiro atoms. The summed E-state index contributed by atoms with van der Waals surface area (Å²) in [4.78, 5) is 10.6. The van der Waals surface area contributed by atoms with Gasteiger partial charge in [0.25, 0.3) is 0 Å². The minimum absolute atomic E-state index is 0.117. The first-order valence-corrected chi connectivity index (χ1v) is 6.44. The van der Waals surface area contributed by atoms with Gasteiger partial charge in [-0.1, -0.05) is 36.4 Å². The van der Waals surface area contributed by atoms with Gasteiger partial charge in [-0.2, -0.15) is 0 Å². The normalized spacial score (nSPS) is 13.7. The van der Waals surface area contributed by atoms with Crippen molar-refractivity contribution in [2.24, 2.45) is 0 Å². The van der Waals surface area contributed by atoms with Gasteiger partial charge in [-0.3, -0.25) is 0 Å². The summed E-state index contributed by atoms with van der Waals surface area (Å²) in [5, 5.41) is 11.7. The first kappa shape index (κ1) is 14.0. The number of rotatable bonds is 4. The molecule has 0 saturated heterocycles. The third kappa shape index (κ3) is 3.77. The molecule has 0 amide bonds. The zero-order valence-electron chi connectivity index (χ0n) is 11.6. The fraction of sp³-hybridized carbons (Fsp3) is 0.375. The molecule has 0 fully saturated rings. The summed E-state index contributed by atoms with van der Waals surface area (Å²) < 4.78 is 0. The molecule has 0 aromatic heterocycles.